The molecule has 11 heteroatoms. The van der Waals surface area contributed by atoms with Crippen molar-refractivity contribution >= 4 is 28.2 Å². The Balaban J connectivity index is 1.81. The standard InChI is InChI=1S/C24H19F3N6O2/c1-13(18-4-2-3-11-30-18)31-22(34)14-5-10-19-17(12-14)21(32-29)20(28)23(35)33(19)16-8-6-15(7-9-16)24(25,26)27/h2-13,29H,28H2,1H3,(H,31,34)/t13-/m0/s1. The average molecular weight is 480 g/mol. The number of rotatable bonds is 5. The van der Waals surface area contributed by atoms with Crippen LogP contribution in [0.4, 0.5) is 24.5 Å². The summed E-state index contributed by atoms with van der Waals surface area (Å²) >= 11 is 0. The summed E-state index contributed by atoms with van der Waals surface area (Å²) in [6.07, 6.45) is -2.92. The number of nitrogens with two attached hydrogens (primary N) is 1. The molecule has 2 aromatic carbocycles. The minimum atomic E-state index is -4.53. The minimum Gasteiger partial charge on any atom is -0.392 e. The van der Waals surface area contributed by atoms with E-state index in [9.17, 15) is 22.8 Å². The van der Waals surface area contributed by atoms with Gasteiger partial charge in [-0.15, -0.1) is 0 Å². The molecule has 0 fully saturated rings. The first-order valence-corrected chi connectivity index (χ1v) is 10.4. The van der Waals surface area contributed by atoms with Gasteiger partial charge in [-0.1, -0.05) is 6.07 Å². The monoisotopic (exact) mass is 480 g/mol. The molecule has 0 unspecified atom stereocenters. The zero-order chi connectivity index (χ0) is 25.3. The van der Waals surface area contributed by atoms with Crippen LogP contribution in [-0.2, 0) is 6.18 Å². The summed E-state index contributed by atoms with van der Waals surface area (Å²) < 4.78 is 40.0. The molecule has 0 saturated heterocycles. The number of nitrogens with zero attached hydrogens (tertiary/aromatic N) is 3. The van der Waals surface area contributed by atoms with Crippen molar-refractivity contribution in [3.05, 3.63) is 94.0 Å². The quantitative estimate of drug-likeness (QED) is 0.342. The molecule has 0 aliphatic rings. The van der Waals surface area contributed by atoms with Gasteiger partial charge in [0.1, 0.15) is 11.4 Å². The van der Waals surface area contributed by atoms with Crippen LogP contribution in [0.5, 0.6) is 0 Å². The summed E-state index contributed by atoms with van der Waals surface area (Å²) in [5, 5.41) is 6.41. The van der Waals surface area contributed by atoms with Crippen molar-refractivity contribution < 1.29 is 18.0 Å². The number of benzene rings is 2. The first kappa shape index (κ1) is 23.6. The maximum Gasteiger partial charge on any atom is 0.416 e. The largest absolute Gasteiger partial charge is 0.416 e. The molecule has 0 bridgehead atoms. The number of aromatic nitrogens is 2. The van der Waals surface area contributed by atoms with Gasteiger partial charge in [-0.2, -0.15) is 18.3 Å². The normalized spacial score (nSPS) is 12.3. The van der Waals surface area contributed by atoms with E-state index in [1.807, 2.05) is 0 Å². The van der Waals surface area contributed by atoms with Crippen molar-refractivity contribution in [2.75, 3.05) is 5.73 Å². The average Bonchev–Trinajstić information content (AvgIpc) is 2.85. The second kappa shape index (κ2) is 9.01. The molecule has 4 rings (SSSR count). The van der Waals surface area contributed by atoms with Crippen LogP contribution in [-0.4, -0.2) is 15.5 Å². The van der Waals surface area contributed by atoms with E-state index in [1.54, 1.807) is 31.3 Å². The first-order chi connectivity index (χ1) is 16.6. The number of carbonyl (C=O) groups excluding carboxylic acids is 1. The van der Waals surface area contributed by atoms with Crippen molar-refractivity contribution in [3.8, 4) is 5.69 Å². The van der Waals surface area contributed by atoms with E-state index in [0.717, 1.165) is 28.8 Å². The zero-order valence-corrected chi connectivity index (χ0v) is 18.3. The van der Waals surface area contributed by atoms with Crippen molar-refractivity contribution in [1.29, 1.82) is 5.53 Å². The van der Waals surface area contributed by atoms with Crippen LogP contribution >= 0.6 is 0 Å². The van der Waals surface area contributed by atoms with E-state index < -0.39 is 29.2 Å². The van der Waals surface area contributed by atoms with Gasteiger partial charge in [0.25, 0.3) is 11.5 Å². The molecule has 1 amide bonds. The number of alkyl halides is 3. The predicted molar refractivity (Wildman–Crippen MR) is 124 cm³/mol. The van der Waals surface area contributed by atoms with Gasteiger partial charge < -0.3 is 11.1 Å². The number of nitrogens with one attached hydrogen (secondary N) is 2. The molecule has 8 nitrogen and oxygen atoms in total. The first-order valence-electron chi connectivity index (χ1n) is 10.4. The number of hydrogen-bond donors (Lipinski definition) is 3. The number of nitrogen functional groups attached to an aromatic ring is 1. The highest BCUT2D eigenvalue weighted by Crippen LogP contribution is 2.33. The van der Waals surface area contributed by atoms with Crippen molar-refractivity contribution in [2.24, 2.45) is 5.11 Å². The molecule has 0 saturated carbocycles. The molecular weight excluding hydrogens is 461 g/mol. The van der Waals surface area contributed by atoms with Gasteiger partial charge in [0.05, 0.1) is 22.8 Å². The highest BCUT2D eigenvalue weighted by Gasteiger charge is 2.30. The van der Waals surface area contributed by atoms with E-state index in [4.69, 9.17) is 11.3 Å². The fourth-order valence-corrected chi connectivity index (χ4v) is 3.70. The summed E-state index contributed by atoms with van der Waals surface area (Å²) in [5.41, 5.74) is 12.6. The Morgan fingerprint density at radius 1 is 1.14 bits per heavy atom. The third kappa shape index (κ3) is 4.47. The van der Waals surface area contributed by atoms with Gasteiger partial charge in [-0.25, -0.2) is 5.53 Å². The van der Waals surface area contributed by atoms with Gasteiger partial charge in [-0.05, 0) is 61.5 Å². The molecule has 1 atom stereocenters. The highest BCUT2D eigenvalue weighted by molar-refractivity contribution is 6.03. The van der Waals surface area contributed by atoms with Crippen molar-refractivity contribution in [2.45, 2.75) is 19.1 Å². The van der Waals surface area contributed by atoms with E-state index in [2.05, 4.69) is 15.4 Å². The lowest BCUT2D eigenvalue weighted by Gasteiger charge is -2.16. The Hall–Kier alpha value is -4.54. The third-order valence-corrected chi connectivity index (χ3v) is 5.49. The molecule has 0 aliphatic heterocycles. The summed E-state index contributed by atoms with van der Waals surface area (Å²) in [6, 6.07) is 13.3. The SMILES string of the molecule is C[C@H](NC(=O)c1ccc2c(c1)c(N=N)c(N)c(=O)n2-c1ccc(C(F)(F)F)cc1)c1ccccn1. The Bertz CT molecular complexity index is 1480. The topological polar surface area (TPSA) is 126 Å². The molecule has 178 valence electrons. The molecular formula is C24H19F3N6O2. The third-order valence-electron chi connectivity index (χ3n) is 5.49. The summed E-state index contributed by atoms with van der Waals surface area (Å²) in [6.45, 7) is 1.77. The number of pyridine rings is 2. The molecule has 35 heavy (non-hydrogen) atoms. The van der Waals surface area contributed by atoms with Crippen LogP contribution in [0.3, 0.4) is 0 Å². The predicted octanol–water partition coefficient (Wildman–Crippen LogP) is 5.14. The lowest BCUT2D eigenvalue weighted by Crippen LogP contribution is -2.27. The van der Waals surface area contributed by atoms with Crippen LogP contribution in [0, 0.1) is 5.53 Å². The Morgan fingerprint density at radius 3 is 2.46 bits per heavy atom. The summed E-state index contributed by atoms with van der Waals surface area (Å²) in [4.78, 5) is 30.1. The summed E-state index contributed by atoms with van der Waals surface area (Å²) in [7, 11) is 0. The second-order valence-electron chi connectivity index (χ2n) is 7.74. The van der Waals surface area contributed by atoms with Crippen LogP contribution in [0.15, 0.2) is 76.8 Å². The summed E-state index contributed by atoms with van der Waals surface area (Å²) in [5.74, 6) is -0.438. The lowest BCUT2D eigenvalue weighted by atomic mass is 10.1. The molecule has 4 aromatic rings. The maximum absolute atomic E-state index is 13.0. The lowest BCUT2D eigenvalue weighted by molar-refractivity contribution is -0.137. The van der Waals surface area contributed by atoms with Gasteiger partial charge >= 0.3 is 6.18 Å². The number of halogens is 3. The van der Waals surface area contributed by atoms with Crippen molar-refractivity contribution in [3.63, 3.8) is 0 Å². The molecule has 0 spiro atoms. The molecule has 2 heterocycles. The van der Waals surface area contributed by atoms with Gasteiger partial charge in [0.15, 0.2) is 0 Å². The van der Waals surface area contributed by atoms with Gasteiger partial charge in [-0.3, -0.25) is 19.1 Å². The highest BCUT2D eigenvalue weighted by atomic mass is 19.4. The number of carbonyl (C=O) groups is 1. The Kier molecular flexibility index (Phi) is 6.08. The van der Waals surface area contributed by atoms with Gasteiger partial charge in [0, 0.05) is 22.8 Å². The zero-order valence-electron chi connectivity index (χ0n) is 18.3. The van der Waals surface area contributed by atoms with Crippen molar-refractivity contribution in [1.82, 2.24) is 14.9 Å². The number of hydrogen-bond acceptors (Lipinski definition) is 6. The van der Waals surface area contributed by atoms with Crippen LogP contribution in [0.25, 0.3) is 16.6 Å². The molecule has 0 radical (unpaired) electrons. The Morgan fingerprint density at radius 2 is 1.86 bits per heavy atom. The number of anilines is 1. The fourth-order valence-electron chi connectivity index (χ4n) is 3.70. The number of amides is 1. The van der Waals surface area contributed by atoms with E-state index in [-0.39, 0.29) is 33.5 Å². The van der Waals surface area contributed by atoms with E-state index in [0.29, 0.717) is 5.69 Å². The second-order valence-corrected chi connectivity index (χ2v) is 7.74. The van der Waals surface area contributed by atoms with Crippen LogP contribution < -0.4 is 16.6 Å². The molecule has 4 N–H and O–H groups in total. The molecule has 2 aromatic heterocycles. The molecule has 0 aliphatic carbocycles. The van der Waals surface area contributed by atoms with Crippen LogP contribution in [0.2, 0.25) is 0 Å². The van der Waals surface area contributed by atoms with Gasteiger partial charge in [0.2, 0.25) is 0 Å². The number of fused-ring (bicyclic) bond motifs is 1. The van der Waals surface area contributed by atoms with E-state index >= 15 is 0 Å². The van der Waals surface area contributed by atoms with E-state index in [1.165, 1.54) is 18.2 Å². The Labute approximate surface area is 196 Å². The maximum atomic E-state index is 13.0. The smallest absolute Gasteiger partial charge is 0.392 e. The minimum absolute atomic E-state index is 0.136. The fraction of sp³-hybridized carbons (Fsp3) is 0.125. The van der Waals surface area contributed by atoms with Crippen LogP contribution in [0.1, 0.15) is 34.6 Å².